The van der Waals surface area contributed by atoms with Crippen LogP contribution in [0.5, 0.6) is 11.5 Å². The van der Waals surface area contributed by atoms with Crippen LogP contribution < -0.4 is 9.47 Å². The zero-order valence-corrected chi connectivity index (χ0v) is 14.8. The molecule has 1 aliphatic heterocycles. The van der Waals surface area contributed by atoms with Crippen LogP contribution in [-0.4, -0.2) is 37.6 Å². The molecule has 0 N–H and O–H groups in total. The Balaban J connectivity index is 2.08. The summed E-state index contributed by atoms with van der Waals surface area (Å²) in [5, 5.41) is 0. The van der Waals surface area contributed by atoms with Gasteiger partial charge in [0.25, 0.3) is 0 Å². The van der Waals surface area contributed by atoms with Gasteiger partial charge >= 0.3 is 0 Å². The van der Waals surface area contributed by atoms with Gasteiger partial charge in [0.2, 0.25) is 5.91 Å². The third kappa shape index (κ3) is 4.18. The minimum atomic E-state index is 0.128. The number of methoxy groups -OCH3 is 2. The van der Waals surface area contributed by atoms with Crippen molar-refractivity contribution in [3.63, 3.8) is 0 Å². The van der Waals surface area contributed by atoms with Crippen molar-refractivity contribution in [1.29, 1.82) is 0 Å². The fourth-order valence-corrected chi connectivity index (χ4v) is 3.47. The molecule has 1 fully saturated rings. The smallest absolute Gasteiger partial charge is 0.223 e. The number of benzene rings is 1. The van der Waals surface area contributed by atoms with Crippen LogP contribution in [0.15, 0.2) is 18.2 Å². The lowest BCUT2D eigenvalue weighted by Gasteiger charge is -2.36. The van der Waals surface area contributed by atoms with E-state index in [2.05, 4.69) is 18.7 Å². The van der Waals surface area contributed by atoms with Crippen LogP contribution in [-0.2, 0) is 4.79 Å². The highest BCUT2D eigenvalue weighted by molar-refractivity contribution is 5.77. The Bertz CT molecular complexity index is 529. The van der Waals surface area contributed by atoms with Gasteiger partial charge in [-0.15, -0.1) is 0 Å². The summed E-state index contributed by atoms with van der Waals surface area (Å²) >= 11 is 0. The highest BCUT2D eigenvalue weighted by Gasteiger charge is 2.27. The first-order valence-corrected chi connectivity index (χ1v) is 8.62. The van der Waals surface area contributed by atoms with Crippen molar-refractivity contribution >= 4 is 5.91 Å². The van der Waals surface area contributed by atoms with Gasteiger partial charge in [-0.25, -0.2) is 0 Å². The number of hydrogen-bond acceptors (Lipinski definition) is 3. The zero-order valence-electron chi connectivity index (χ0n) is 14.8. The number of carbonyl (C=O) groups is 1. The van der Waals surface area contributed by atoms with Gasteiger partial charge in [0.05, 0.1) is 14.2 Å². The second kappa shape index (κ2) is 8.23. The number of likely N-dealkylation sites (tertiary alicyclic amines) is 1. The molecule has 0 spiro atoms. The lowest BCUT2D eigenvalue weighted by atomic mass is 9.94. The van der Waals surface area contributed by atoms with E-state index >= 15 is 0 Å². The Morgan fingerprint density at radius 2 is 2.09 bits per heavy atom. The Morgan fingerprint density at radius 1 is 1.30 bits per heavy atom. The molecule has 1 saturated heterocycles. The van der Waals surface area contributed by atoms with Crippen molar-refractivity contribution in [2.24, 2.45) is 0 Å². The van der Waals surface area contributed by atoms with E-state index in [1.54, 1.807) is 14.2 Å². The third-order valence-corrected chi connectivity index (χ3v) is 4.87. The quantitative estimate of drug-likeness (QED) is 0.796. The van der Waals surface area contributed by atoms with Crippen LogP contribution in [0.2, 0.25) is 0 Å². The summed E-state index contributed by atoms with van der Waals surface area (Å²) in [5.74, 6) is 1.95. The Hall–Kier alpha value is -1.71. The highest BCUT2D eigenvalue weighted by Crippen LogP contribution is 2.33. The topological polar surface area (TPSA) is 38.8 Å². The lowest BCUT2D eigenvalue weighted by Crippen LogP contribution is -2.43. The van der Waals surface area contributed by atoms with Gasteiger partial charge in [0.15, 0.2) is 0 Å². The highest BCUT2D eigenvalue weighted by atomic mass is 16.5. The summed E-state index contributed by atoms with van der Waals surface area (Å²) < 4.78 is 10.7. The molecular weight excluding hydrogens is 290 g/mol. The lowest BCUT2D eigenvalue weighted by molar-refractivity contribution is -0.135. The monoisotopic (exact) mass is 319 g/mol. The van der Waals surface area contributed by atoms with Gasteiger partial charge in [0.1, 0.15) is 11.5 Å². The van der Waals surface area contributed by atoms with Crippen molar-refractivity contribution < 1.29 is 14.3 Å². The fraction of sp³-hybridized carbons (Fsp3) is 0.632. The van der Waals surface area contributed by atoms with E-state index in [1.807, 2.05) is 18.2 Å². The molecule has 2 unspecified atom stereocenters. The SMILES string of the molecule is CCC1CCCCN1C(=O)CC(C)c1ccc(OC)cc1OC. The van der Waals surface area contributed by atoms with Crippen LogP contribution in [0.1, 0.15) is 57.4 Å². The van der Waals surface area contributed by atoms with Crippen molar-refractivity contribution in [3.8, 4) is 11.5 Å². The van der Waals surface area contributed by atoms with E-state index in [0.717, 1.165) is 42.9 Å². The molecule has 4 heteroatoms. The molecule has 1 aromatic carbocycles. The first-order valence-electron chi connectivity index (χ1n) is 8.62. The molecule has 0 aliphatic carbocycles. The maximum atomic E-state index is 12.7. The molecule has 128 valence electrons. The van der Waals surface area contributed by atoms with Gasteiger partial charge in [0, 0.05) is 25.1 Å². The zero-order chi connectivity index (χ0) is 16.8. The molecule has 1 aromatic rings. The van der Waals surface area contributed by atoms with Crippen LogP contribution >= 0.6 is 0 Å². The van der Waals surface area contributed by atoms with E-state index in [-0.39, 0.29) is 11.8 Å². The van der Waals surface area contributed by atoms with Gasteiger partial charge < -0.3 is 14.4 Å². The maximum Gasteiger partial charge on any atom is 0.223 e. The van der Waals surface area contributed by atoms with E-state index < -0.39 is 0 Å². The largest absolute Gasteiger partial charge is 0.497 e. The van der Waals surface area contributed by atoms with Gasteiger partial charge in [-0.3, -0.25) is 4.79 Å². The number of piperidine rings is 1. The second-order valence-electron chi connectivity index (χ2n) is 6.36. The Kier molecular flexibility index (Phi) is 6.31. The van der Waals surface area contributed by atoms with Crippen LogP contribution in [0, 0.1) is 0 Å². The minimum absolute atomic E-state index is 0.128. The maximum absolute atomic E-state index is 12.7. The first-order chi connectivity index (χ1) is 11.1. The van der Waals surface area contributed by atoms with Crippen LogP contribution in [0.4, 0.5) is 0 Å². The summed E-state index contributed by atoms with van der Waals surface area (Å²) in [6, 6.07) is 6.23. The van der Waals surface area contributed by atoms with E-state index in [0.29, 0.717) is 12.5 Å². The summed E-state index contributed by atoms with van der Waals surface area (Å²) in [7, 11) is 3.30. The molecule has 1 heterocycles. The van der Waals surface area contributed by atoms with Crippen molar-refractivity contribution in [2.75, 3.05) is 20.8 Å². The number of rotatable bonds is 6. The van der Waals surface area contributed by atoms with E-state index in [1.165, 1.54) is 6.42 Å². The predicted molar refractivity (Wildman–Crippen MR) is 92.2 cm³/mol. The number of carbonyl (C=O) groups excluding carboxylic acids is 1. The average Bonchev–Trinajstić information content (AvgIpc) is 2.60. The Morgan fingerprint density at radius 3 is 2.74 bits per heavy atom. The number of ether oxygens (including phenoxy) is 2. The van der Waals surface area contributed by atoms with E-state index in [4.69, 9.17) is 9.47 Å². The molecule has 0 radical (unpaired) electrons. The summed E-state index contributed by atoms with van der Waals surface area (Å²) in [6.45, 7) is 5.17. The molecule has 2 rings (SSSR count). The minimum Gasteiger partial charge on any atom is -0.497 e. The summed E-state index contributed by atoms with van der Waals surface area (Å²) in [6.07, 6.45) is 5.08. The average molecular weight is 319 g/mol. The first kappa shape index (κ1) is 17.6. The standard InChI is InChI=1S/C19H29NO3/c1-5-15-8-6-7-11-20(15)19(21)12-14(2)17-10-9-16(22-3)13-18(17)23-4/h9-10,13-15H,5-8,11-12H2,1-4H3. The predicted octanol–water partition coefficient (Wildman–Crippen LogP) is 3.99. The summed E-state index contributed by atoms with van der Waals surface area (Å²) in [4.78, 5) is 14.8. The second-order valence-corrected chi connectivity index (χ2v) is 6.36. The molecule has 4 nitrogen and oxygen atoms in total. The fourth-order valence-electron chi connectivity index (χ4n) is 3.47. The summed E-state index contributed by atoms with van der Waals surface area (Å²) in [5.41, 5.74) is 1.06. The van der Waals surface area contributed by atoms with Gasteiger partial charge in [-0.1, -0.05) is 19.9 Å². The number of nitrogens with zero attached hydrogens (tertiary/aromatic N) is 1. The van der Waals surface area contributed by atoms with Crippen LogP contribution in [0.3, 0.4) is 0 Å². The van der Waals surface area contributed by atoms with Crippen molar-refractivity contribution in [1.82, 2.24) is 4.90 Å². The third-order valence-electron chi connectivity index (χ3n) is 4.87. The number of hydrogen-bond donors (Lipinski definition) is 0. The molecule has 2 atom stereocenters. The van der Waals surface area contributed by atoms with Crippen LogP contribution in [0.25, 0.3) is 0 Å². The molecule has 1 amide bonds. The molecular formula is C19H29NO3. The molecule has 0 aromatic heterocycles. The molecule has 1 aliphatic rings. The number of amides is 1. The molecule has 0 saturated carbocycles. The normalized spacial score (nSPS) is 19.3. The van der Waals surface area contributed by atoms with Gasteiger partial charge in [-0.2, -0.15) is 0 Å². The van der Waals surface area contributed by atoms with Gasteiger partial charge in [-0.05, 0) is 43.2 Å². The molecule has 23 heavy (non-hydrogen) atoms. The van der Waals surface area contributed by atoms with Crippen molar-refractivity contribution in [3.05, 3.63) is 23.8 Å². The van der Waals surface area contributed by atoms with E-state index in [9.17, 15) is 4.79 Å². The molecule has 0 bridgehead atoms. The Labute approximate surface area is 139 Å². The van der Waals surface area contributed by atoms with Crippen molar-refractivity contribution in [2.45, 2.75) is 57.9 Å².